The molecule has 0 N–H and O–H groups in total. The van der Waals surface area contributed by atoms with Gasteiger partial charge in [-0.3, -0.25) is 10.1 Å². The molecule has 0 fully saturated rings. The number of nitro groups is 1. The van der Waals surface area contributed by atoms with E-state index in [0.717, 1.165) is 11.6 Å². The molecule has 1 aliphatic heterocycles. The maximum Gasteiger partial charge on any atom is 0.436 e. The average Bonchev–Trinajstić information content (AvgIpc) is 2.25. The Morgan fingerprint density at radius 3 is 2.61 bits per heavy atom. The predicted molar refractivity (Wildman–Crippen MR) is 56.6 cm³/mol. The zero-order valence-corrected chi connectivity index (χ0v) is 9.19. The average molecular weight is 259 g/mol. The minimum atomic E-state index is -4.82. The van der Waals surface area contributed by atoms with Crippen molar-refractivity contribution in [3.63, 3.8) is 0 Å². The van der Waals surface area contributed by atoms with Gasteiger partial charge < -0.3 is 4.74 Å². The van der Waals surface area contributed by atoms with Crippen LogP contribution in [0.25, 0.3) is 6.08 Å². The summed E-state index contributed by atoms with van der Waals surface area (Å²) in [5.41, 5.74) is 0.0598. The van der Waals surface area contributed by atoms with E-state index in [9.17, 15) is 23.3 Å². The van der Waals surface area contributed by atoms with Crippen LogP contribution in [0.15, 0.2) is 23.9 Å². The number of fused-ring (bicyclic) bond motifs is 1. The summed E-state index contributed by atoms with van der Waals surface area (Å²) in [7, 11) is 0. The molecular formula is C11H8F3NO3. The Bertz CT molecular complexity index is 537. The molecule has 1 aliphatic rings. The van der Waals surface area contributed by atoms with Gasteiger partial charge in [0.2, 0.25) is 0 Å². The quantitative estimate of drug-likeness (QED) is 0.575. The molecule has 0 amide bonds. The van der Waals surface area contributed by atoms with Crippen LogP contribution in [0.3, 0.4) is 0 Å². The number of rotatable bonds is 1. The second-order valence-corrected chi connectivity index (χ2v) is 3.91. The zero-order valence-electron chi connectivity index (χ0n) is 9.19. The fraction of sp³-hybridized carbons (Fsp3) is 0.273. The summed E-state index contributed by atoms with van der Waals surface area (Å²) < 4.78 is 42.7. The minimum Gasteiger partial charge on any atom is -0.469 e. The molecule has 1 heterocycles. The predicted octanol–water partition coefficient (Wildman–Crippen LogP) is 2.94. The van der Waals surface area contributed by atoms with Gasteiger partial charge in [-0.05, 0) is 19.1 Å². The lowest BCUT2D eigenvalue weighted by Gasteiger charge is -2.24. The molecule has 18 heavy (non-hydrogen) atoms. The van der Waals surface area contributed by atoms with Gasteiger partial charge in [0.25, 0.3) is 11.8 Å². The largest absolute Gasteiger partial charge is 0.469 e. The summed E-state index contributed by atoms with van der Waals surface area (Å²) in [6.07, 6.45) is -6.44. The van der Waals surface area contributed by atoms with Crippen LogP contribution in [-0.4, -0.2) is 17.2 Å². The SMILES string of the molecule is Cc1ccc2c(c1)C=C([N+](=O)[O-])C(C(F)(F)F)O2. The second kappa shape index (κ2) is 4.01. The van der Waals surface area contributed by atoms with E-state index in [1.807, 2.05) is 0 Å². The van der Waals surface area contributed by atoms with E-state index in [4.69, 9.17) is 4.74 Å². The number of hydrogen-bond acceptors (Lipinski definition) is 3. The summed E-state index contributed by atoms with van der Waals surface area (Å²) in [5, 5.41) is 10.7. The lowest BCUT2D eigenvalue weighted by atomic mass is 10.0. The van der Waals surface area contributed by atoms with E-state index < -0.39 is 22.9 Å². The van der Waals surface area contributed by atoms with Gasteiger partial charge in [0, 0.05) is 11.6 Å². The summed E-state index contributed by atoms with van der Waals surface area (Å²) in [6.45, 7) is 1.73. The van der Waals surface area contributed by atoms with Crippen LogP contribution in [0.5, 0.6) is 5.75 Å². The maximum atomic E-state index is 12.7. The molecule has 0 aliphatic carbocycles. The summed E-state index contributed by atoms with van der Waals surface area (Å²) in [5.74, 6) is -0.00600. The monoisotopic (exact) mass is 259 g/mol. The third-order valence-corrected chi connectivity index (χ3v) is 2.49. The van der Waals surface area contributed by atoms with Crippen LogP contribution in [0, 0.1) is 17.0 Å². The molecule has 0 bridgehead atoms. The fourth-order valence-electron chi connectivity index (χ4n) is 1.69. The fourth-order valence-corrected chi connectivity index (χ4v) is 1.69. The van der Waals surface area contributed by atoms with Gasteiger partial charge in [-0.1, -0.05) is 11.6 Å². The Hall–Kier alpha value is -2.05. The molecule has 1 unspecified atom stereocenters. The first-order valence-corrected chi connectivity index (χ1v) is 4.99. The Morgan fingerprint density at radius 2 is 2.06 bits per heavy atom. The number of ether oxygens (including phenoxy) is 1. The molecule has 0 saturated carbocycles. The number of nitrogens with zero attached hydrogens (tertiary/aromatic N) is 1. The van der Waals surface area contributed by atoms with Crippen molar-refractivity contribution in [2.24, 2.45) is 0 Å². The molecule has 0 spiro atoms. The van der Waals surface area contributed by atoms with Crippen molar-refractivity contribution >= 4 is 6.08 Å². The standard InChI is InChI=1S/C11H8F3NO3/c1-6-2-3-9-7(4-6)5-8(15(16)17)10(18-9)11(12,13)14/h2-5,10H,1H3. The summed E-state index contributed by atoms with van der Waals surface area (Å²) in [6, 6.07) is 4.49. The molecule has 1 aromatic carbocycles. The molecule has 1 aromatic rings. The summed E-state index contributed by atoms with van der Waals surface area (Å²) >= 11 is 0. The van der Waals surface area contributed by atoms with E-state index in [-0.39, 0.29) is 11.3 Å². The molecule has 2 rings (SSSR count). The summed E-state index contributed by atoms with van der Waals surface area (Å²) in [4.78, 5) is 9.60. The lowest BCUT2D eigenvalue weighted by Crippen LogP contribution is -2.40. The van der Waals surface area contributed by atoms with Crippen molar-refractivity contribution in [2.75, 3.05) is 0 Å². The van der Waals surface area contributed by atoms with Gasteiger partial charge in [0.05, 0.1) is 4.92 Å². The van der Waals surface area contributed by atoms with Crippen molar-refractivity contribution in [2.45, 2.75) is 19.2 Å². The van der Waals surface area contributed by atoms with Gasteiger partial charge in [-0.2, -0.15) is 13.2 Å². The van der Waals surface area contributed by atoms with E-state index >= 15 is 0 Å². The molecular weight excluding hydrogens is 251 g/mol. The highest BCUT2D eigenvalue weighted by Gasteiger charge is 2.51. The van der Waals surface area contributed by atoms with Crippen LogP contribution in [0.1, 0.15) is 11.1 Å². The van der Waals surface area contributed by atoms with Gasteiger partial charge in [0.1, 0.15) is 5.75 Å². The van der Waals surface area contributed by atoms with E-state index in [1.165, 1.54) is 12.1 Å². The van der Waals surface area contributed by atoms with Crippen molar-refractivity contribution < 1.29 is 22.8 Å². The van der Waals surface area contributed by atoms with Crippen LogP contribution >= 0.6 is 0 Å². The van der Waals surface area contributed by atoms with Gasteiger partial charge in [-0.25, -0.2) is 0 Å². The normalized spacial score (nSPS) is 18.7. The Morgan fingerprint density at radius 1 is 1.39 bits per heavy atom. The first-order valence-electron chi connectivity index (χ1n) is 4.99. The third-order valence-electron chi connectivity index (χ3n) is 2.49. The Balaban J connectivity index is 2.53. The number of benzene rings is 1. The zero-order chi connectivity index (χ0) is 13.5. The molecule has 0 aromatic heterocycles. The maximum absolute atomic E-state index is 12.7. The van der Waals surface area contributed by atoms with Gasteiger partial charge in [-0.15, -0.1) is 0 Å². The molecule has 96 valence electrons. The number of halogens is 3. The number of hydrogen-bond donors (Lipinski definition) is 0. The molecule has 7 heteroatoms. The highest BCUT2D eigenvalue weighted by Crippen LogP contribution is 2.37. The lowest BCUT2D eigenvalue weighted by molar-refractivity contribution is -0.443. The second-order valence-electron chi connectivity index (χ2n) is 3.91. The van der Waals surface area contributed by atoms with Gasteiger partial charge >= 0.3 is 6.18 Å². The van der Waals surface area contributed by atoms with E-state index in [2.05, 4.69) is 0 Å². The first kappa shape index (κ1) is 12.4. The molecule has 0 radical (unpaired) electrons. The van der Waals surface area contributed by atoms with E-state index in [1.54, 1.807) is 13.0 Å². The van der Waals surface area contributed by atoms with Crippen LogP contribution in [0.2, 0.25) is 0 Å². The topological polar surface area (TPSA) is 52.4 Å². The van der Waals surface area contributed by atoms with Crippen LogP contribution in [-0.2, 0) is 0 Å². The molecule has 4 nitrogen and oxygen atoms in total. The highest BCUT2D eigenvalue weighted by atomic mass is 19.4. The third kappa shape index (κ3) is 2.15. The van der Waals surface area contributed by atoms with Crippen LogP contribution in [0.4, 0.5) is 13.2 Å². The van der Waals surface area contributed by atoms with Crippen LogP contribution < -0.4 is 4.74 Å². The van der Waals surface area contributed by atoms with E-state index in [0.29, 0.717) is 0 Å². The van der Waals surface area contributed by atoms with Crippen molar-refractivity contribution in [1.29, 1.82) is 0 Å². The van der Waals surface area contributed by atoms with Crippen molar-refractivity contribution in [3.8, 4) is 5.75 Å². The molecule has 1 atom stereocenters. The highest BCUT2D eigenvalue weighted by molar-refractivity contribution is 5.62. The smallest absolute Gasteiger partial charge is 0.436 e. The first-order chi connectivity index (χ1) is 8.29. The van der Waals surface area contributed by atoms with Crippen molar-refractivity contribution in [1.82, 2.24) is 0 Å². The number of aryl methyl sites for hydroxylation is 1. The Labute approximate surface area is 99.8 Å². The molecule has 0 saturated heterocycles. The van der Waals surface area contributed by atoms with Crippen molar-refractivity contribution in [3.05, 3.63) is 45.1 Å². The van der Waals surface area contributed by atoms with Gasteiger partial charge in [0.15, 0.2) is 0 Å². The minimum absolute atomic E-state index is 0.00600. The Kier molecular flexibility index (Phi) is 2.76. The number of alkyl halides is 3.